The number of rotatable bonds is 4. The van der Waals surface area contributed by atoms with Gasteiger partial charge in [0.2, 0.25) is 10.9 Å². The second-order valence-electron chi connectivity index (χ2n) is 7.15. The van der Waals surface area contributed by atoms with Gasteiger partial charge in [-0.25, -0.2) is 13.4 Å². The van der Waals surface area contributed by atoms with Crippen molar-refractivity contribution in [3.05, 3.63) is 41.0 Å². The molecule has 3 aromatic rings. The van der Waals surface area contributed by atoms with Crippen LogP contribution >= 0.6 is 0 Å². The van der Waals surface area contributed by atoms with Crippen molar-refractivity contribution < 1.29 is 17.4 Å². The van der Waals surface area contributed by atoms with Gasteiger partial charge in [-0.05, 0) is 39.8 Å². The van der Waals surface area contributed by atoms with Gasteiger partial charge in [-0.15, -0.1) is 0 Å². The predicted molar refractivity (Wildman–Crippen MR) is 106 cm³/mol. The minimum Gasteiger partial charge on any atom is -0.440 e. The van der Waals surface area contributed by atoms with Crippen LogP contribution in [0.25, 0.3) is 11.5 Å². The van der Waals surface area contributed by atoms with Crippen LogP contribution in [0, 0.1) is 27.7 Å². The van der Waals surface area contributed by atoms with Crippen molar-refractivity contribution in [2.45, 2.75) is 32.8 Å². The van der Waals surface area contributed by atoms with Gasteiger partial charge in [0.1, 0.15) is 5.82 Å². The van der Waals surface area contributed by atoms with Crippen LogP contribution in [-0.2, 0) is 10.0 Å². The van der Waals surface area contributed by atoms with E-state index in [0.29, 0.717) is 37.7 Å². The first-order valence-corrected chi connectivity index (χ1v) is 10.8. The third-order valence-electron chi connectivity index (χ3n) is 5.15. The number of nitrogens with zero attached hydrogens (tertiary/aromatic N) is 5. The molecular formula is C19H23N5O4S. The summed E-state index contributed by atoms with van der Waals surface area (Å²) in [6.07, 6.45) is 1.73. The quantitative estimate of drug-likeness (QED) is 0.637. The Hall–Kier alpha value is -2.72. The van der Waals surface area contributed by atoms with Crippen molar-refractivity contribution in [3.63, 3.8) is 0 Å². The molecule has 0 unspecified atom stereocenters. The molecule has 1 aliphatic heterocycles. The molecule has 154 valence electrons. The SMILES string of the molecule is Cc1cnc(C)c(N2CCN(S(=O)(=O)c3ccc(-c4onc(C)c4C)o3)CC2)n1. The lowest BCUT2D eigenvalue weighted by Gasteiger charge is -2.34. The highest BCUT2D eigenvalue weighted by Crippen LogP contribution is 2.30. The molecule has 1 aliphatic rings. The zero-order chi connectivity index (χ0) is 20.8. The van der Waals surface area contributed by atoms with Crippen molar-refractivity contribution in [2.75, 3.05) is 31.1 Å². The fraction of sp³-hybridized carbons (Fsp3) is 0.421. The summed E-state index contributed by atoms with van der Waals surface area (Å²) < 4.78 is 38.4. The van der Waals surface area contributed by atoms with Crippen LogP contribution in [0.1, 0.15) is 22.6 Å². The van der Waals surface area contributed by atoms with E-state index in [4.69, 9.17) is 8.94 Å². The number of sulfonamides is 1. The maximum atomic E-state index is 13.0. The fourth-order valence-corrected chi connectivity index (χ4v) is 4.65. The van der Waals surface area contributed by atoms with E-state index in [1.165, 1.54) is 10.4 Å². The van der Waals surface area contributed by atoms with Gasteiger partial charge in [0.05, 0.1) is 17.1 Å². The number of aryl methyl sites for hydroxylation is 3. The standard InChI is InChI=1S/C19H23N5O4S/c1-12-11-20-15(4)19(21-12)23-7-9-24(10-8-23)29(25,26)17-6-5-16(27-17)18-13(2)14(3)22-28-18/h5-6,11H,7-10H2,1-4H3. The lowest BCUT2D eigenvalue weighted by molar-refractivity contribution is 0.357. The molecular weight excluding hydrogens is 394 g/mol. The van der Waals surface area contributed by atoms with E-state index in [0.717, 1.165) is 28.5 Å². The minimum absolute atomic E-state index is 0.0964. The Kier molecular flexibility index (Phi) is 4.91. The zero-order valence-corrected chi connectivity index (χ0v) is 17.7. The summed E-state index contributed by atoms with van der Waals surface area (Å²) in [7, 11) is -3.74. The molecule has 4 heterocycles. The van der Waals surface area contributed by atoms with Crippen LogP contribution in [0.5, 0.6) is 0 Å². The molecule has 0 saturated carbocycles. The molecule has 0 spiro atoms. The van der Waals surface area contributed by atoms with Crippen LogP contribution in [0.15, 0.2) is 32.4 Å². The monoisotopic (exact) mass is 417 g/mol. The summed E-state index contributed by atoms with van der Waals surface area (Å²) >= 11 is 0. The smallest absolute Gasteiger partial charge is 0.276 e. The molecule has 3 aromatic heterocycles. The van der Waals surface area contributed by atoms with Crippen LogP contribution in [0.2, 0.25) is 0 Å². The normalized spacial score (nSPS) is 15.8. The van der Waals surface area contributed by atoms with Gasteiger partial charge >= 0.3 is 0 Å². The van der Waals surface area contributed by atoms with E-state index in [1.807, 2.05) is 27.7 Å². The minimum atomic E-state index is -3.74. The third-order valence-corrected chi connectivity index (χ3v) is 6.92. The third kappa shape index (κ3) is 3.53. The molecule has 0 N–H and O–H groups in total. The molecule has 0 amide bonds. The summed E-state index contributed by atoms with van der Waals surface area (Å²) in [6.45, 7) is 9.22. The lowest BCUT2D eigenvalue weighted by Crippen LogP contribution is -2.49. The molecule has 0 aliphatic carbocycles. The summed E-state index contributed by atoms with van der Waals surface area (Å²) in [5.41, 5.74) is 3.24. The number of furan rings is 1. The molecule has 0 aromatic carbocycles. The van der Waals surface area contributed by atoms with Crippen molar-refractivity contribution >= 4 is 15.8 Å². The molecule has 9 nitrogen and oxygen atoms in total. The van der Waals surface area contributed by atoms with E-state index >= 15 is 0 Å². The van der Waals surface area contributed by atoms with Crippen molar-refractivity contribution in [1.29, 1.82) is 0 Å². The Bertz CT molecular complexity index is 1140. The molecule has 10 heteroatoms. The van der Waals surface area contributed by atoms with Crippen LogP contribution in [-0.4, -0.2) is 54.0 Å². The Morgan fingerprint density at radius 3 is 2.38 bits per heavy atom. The van der Waals surface area contributed by atoms with E-state index in [2.05, 4.69) is 20.0 Å². The topological polar surface area (TPSA) is 106 Å². The van der Waals surface area contributed by atoms with Crippen molar-refractivity contribution in [1.82, 2.24) is 19.4 Å². The maximum Gasteiger partial charge on any atom is 0.276 e. The molecule has 4 rings (SSSR count). The van der Waals surface area contributed by atoms with Crippen LogP contribution < -0.4 is 4.90 Å². The summed E-state index contributed by atoms with van der Waals surface area (Å²) in [5, 5.41) is 3.80. The number of hydrogen-bond donors (Lipinski definition) is 0. The maximum absolute atomic E-state index is 13.0. The van der Waals surface area contributed by atoms with Gasteiger partial charge in [0.15, 0.2) is 5.76 Å². The first-order valence-electron chi connectivity index (χ1n) is 9.36. The Morgan fingerprint density at radius 2 is 1.72 bits per heavy atom. The first kappa shape index (κ1) is 19.6. The van der Waals surface area contributed by atoms with Crippen LogP contribution in [0.3, 0.4) is 0 Å². The van der Waals surface area contributed by atoms with Gasteiger partial charge in [0, 0.05) is 37.9 Å². The van der Waals surface area contributed by atoms with Gasteiger partial charge in [0.25, 0.3) is 10.0 Å². The zero-order valence-electron chi connectivity index (χ0n) is 16.8. The number of hydrogen-bond acceptors (Lipinski definition) is 8. The first-order chi connectivity index (χ1) is 13.8. The van der Waals surface area contributed by atoms with E-state index in [9.17, 15) is 8.42 Å². The number of piperazine rings is 1. The number of anilines is 1. The van der Waals surface area contributed by atoms with Crippen molar-refractivity contribution in [3.8, 4) is 11.5 Å². The molecule has 1 fully saturated rings. The van der Waals surface area contributed by atoms with E-state index < -0.39 is 10.0 Å². The highest BCUT2D eigenvalue weighted by atomic mass is 32.2. The average Bonchev–Trinajstić information content (AvgIpc) is 3.32. The Morgan fingerprint density at radius 1 is 1.00 bits per heavy atom. The molecule has 29 heavy (non-hydrogen) atoms. The van der Waals surface area contributed by atoms with Gasteiger partial charge < -0.3 is 13.8 Å². The molecule has 0 bridgehead atoms. The lowest BCUT2D eigenvalue weighted by atomic mass is 10.2. The van der Waals surface area contributed by atoms with Gasteiger partial charge in [-0.1, -0.05) is 5.16 Å². The Balaban J connectivity index is 1.51. The van der Waals surface area contributed by atoms with E-state index in [1.54, 1.807) is 12.3 Å². The van der Waals surface area contributed by atoms with Crippen LogP contribution in [0.4, 0.5) is 5.82 Å². The van der Waals surface area contributed by atoms with Gasteiger partial charge in [-0.2, -0.15) is 4.31 Å². The van der Waals surface area contributed by atoms with Gasteiger partial charge in [-0.3, -0.25) is 4.98 Å². The molecule has 1 saturated heterocycles. The molecule has 0 atom stereocenters. The van der Waals surface area contributed by atoms with E-state index in [-0.39, 0.29) is 5.09 Å². The highest BCUT2D eigenvalue weighted by molar-refractivity contribution is 7.89. The largest absolute Gasteiger partial charge is 0.440 e. The second kappa shape index (κ2) is 7.27. The fourth-order valence-electron chi connectivity index (χ4n) is 3.32. The Labute approximate surface area is 169 Å². The highest BCUT2D eigenvalue weighted by Gasteiger charge is 2.32. The number of aromatic nitrogens is 3. The summed E-state index contributed by atoms with van der Waals surface area (Å²) in [4.78, 5) is 11.0. The average molecular weight is 417 g/mol. The summed E-state index contributed by atoms with van der Waals surface area (Å²) in [6, 6.07) is 3.06. The second-order valence-corrected chi connectivity index (χ2v) is 9.02. The van der Waals surface area contributed by atoms with Crippen molar-refractivity contribution in [2.24, 2.45) is 0 Å². The predicted octanol–water partition coefficient (Wildman–Crippen LogP) is 2.47. The molecule has 0 radical (unpaired) electrons. The summed E-state index contributed by atoms with van der Waals surface area (Å²) in [5.74, 6) is 1.60.